The largest absolute Gasteiger partial charge is 0.396 e. The van der Waals surface area contributed by atoms with Crippen molar-refractivity contribution in [3.05, 3.63) is 11.6 Å². The maximum absolute atomic E-state index is 8.92. The van der Waals surface area contributed by atoms with Gasteiger partial charge in [0.2, 0.25) is 0 Å². The molecule has 0 radical (unpaired) electrons. The first-order valence-electron chi connectivity index (χ1n) is 4.00. The third kappa shape index (κ3) is 1.60. The molecule has 1 N–H and O–H groups in total. The summed E-state index contributed by atoms with van der Waals surface area (Å²) >= 11 is 0. The Kier molecular flexibility index (Phi) is 2.50. The van der Waals surface area contributed by atoms with Gasteiger partial charge in [-0.3, -0.25) is 0 Å². The van der Waals surface area contributed by atoms with Crippen LogP contribution in [0.3, 0.4) is 0 Å². The fraction of sp³-hybridized carbons (Fsp3) is 0.778. The van der Waals surface area contributed by atoms with E-state index in [0.717, 1.165) is 6.42 Å². The summed E-state index contributed by atoms with van der Waals surface area (Å²) < 4.78 is 0. The molecule has 0 heterocycles. The topological polar surface area (TPSA) is 20.2 Å². The maximum atomic E-state index is 8.92. The molecule has 0 bridgehead atoms. The van der Waals surface area contributed by atoms with Crippen LogP contribution in [-0.2, 0) is 0 Å². The summed E-state index contributed by atoms with van der Waals surface area (Å²) in [5.74, 6) is 1.19. The molecule has 0 spiro atoms. The van der Waals surface area contributed by atoms with Crippen LogP contribution in [0.4, 0.5) is 0 Å². The Labute approximate surface area is 62.8 Å². The van der Waals surface area contributed by atoms with Crippen LogP contribution in [0.15, 0.2) is 11.6 Å². The first-order chi connectivity index (χ1) is 4.74. The lowest BCUT2D eigenvalue weighted by Gasteiger charge is -2.25. The standard InChI is InChI=1S/C9H16O/c1-7-3-4-9(6-10)8(2)5-7/h3,8-10H,4-6H2,1-2H3/t8-,9-/m1/s1. The van der Waals surface area contributed by atoms with Crippen LogP contribution in [0, 0.1) is 11.8 Å². The minimum atomic E-state index is 0.352. The van der Waals surface area contributed by atoms with E-state index in [1.807, 2.05) is 0 Å². The van der Waals surface area contributed by atoms with Gasteiger partial charge in [-0.25, -0.2) is 0 Å². The van der Waals surface area contributed by atoms with Gasteiger partial charge in [0.25, 0.3) is 0 Å². The quantitative estimate of drug-likeness (QED) is 0.552. The van der Waals surface area contributed by atoms with E-state index < -0.39 is 0 Å². The number of aliphatic hydroxyl groups is 1. The number of hydrogen-bond acceptors (Lipinski definition) is 1. The van der Waals surface area contributed by atoms with Gasteiger partial charge in [0.15, 0.2) is 0 Å². The third-order valence-corrected chi connectivity index (χ3v) is 2.45. The Balaban J connectivity index is 2.52. The molecular formula is C9H16O. The lowest BCUT2D eigenvalue weighted by molar-refractivity contribution is 0.177. The monoisotopic (exact) mass is 140 g/mol. The van der Waals surface area contributed by atoms with Gasteiger partial charge in [-0.05, 0) is 31.6 Å². The molecule has 0 aromatic rings. The SMILES string of the molecule is CC1=CC[C@H](CO)[C@H](C)C1. The molecule has 0 fully saturated rings. The highest BCUT2D eigenvalue weighted by atomic mass is 16.3. The highest BCUT2D eigenvalue weighted by molar-refractivity contribution is 5.04. The molecule has 0 aromatic carbocycles. The molecule has 1 nitrogen and oxygen atoms in total. The fourth-order valence-electron chi connectivity index (χ4n) is 1.60. The Hall–Kier alpha value is -0.300. The number of aliphatic hydroxyl groups excluding tert-OH is 1. The molecule has 1 rings (SSSR count). The molecule has 1 aliphatic rings. The van der Waals surface area contributed by atoms with Crippen molar-refractivity contribution in [2.24, 2.45) is 11.8 Å². The lowest BCUT2D eigenvalue weighted by atomic mass is 9.82. The predicted octanol–water partition coefficient (Wildman–Crippen LogP) is 1.97. The minimum absolute atomic E-state index is 0.352. The Morgan fingerprint density at radius 3 is 2.90 bits per heavy atom. The highest BCUT2D eigenvalue weighted by Crippen LogP contribution is 2.28. The van der Waals surface area contributed by atoms with Gasteiger partial charge in [0, 0.05) is 6.61 Å². The molecule has 0 aromatic heterocycles. The second-order valence-electron chi connectivity index (χ2n) is 3.41. The van der Waals surface area contributed by atoms with Crippen molar-refractivity contribution < 1.29 is 5.11 Å². The van der Waals surface area contributed by atoms with Crippen molar-refractivity contribution in [3.8, 4) is 0 Å². The van der Waals surface area contributed by atoms with Gasteiger partial charge in [-0.15, -0.1) is 0 Å². The van der Waals surface area contributed by atoms with E-state index in [1.54, 1.807) is 0 Å². The molecule has 2 atom stereocenters. The number of allylic oxidation sites excluding steroid dienone is 2. The second-order valence-corrected chi connectivity index (χ2v) is 3.41. The van der Waals surface area contributed by atoms with Gasteiger partial charge < -0.3 is 5.11 Å². The van der Waals surface area contributed by atoms with Crippen molar-refractivity contribution in [1.82, 2.24) is 0 Å². The Morgan fingerprint density at radius 1 is 1.70 bits per heavy atom. The number of rotatable bonds is 1. The first kappa shape index (κ1) is 7.80. The normalized spacial score (nSPS) is 33.7. The molecule has 1 aliphatic carbocycles. The summed E-state index contributed by atoms with van der Waals surface area (Å²) in [5.41, 5.74) is 1.48. The van der Waals surface area contributed by atoms with Gasteiger partial charge in [-0.1, -0.05) is 18.6 Å². The predicted molar refractivity (Wildman–Crippen MR) is 42.7 cm³/mol. The fourth-order valence-corrected chi connectivity index (χ4v) is 1.60. The van der Waals surface area contributed by atoms with Crippen LogP contribution in [0.2, 0.25) is 0 Å². The van der Waals surface area contributed by atoms with Crippen molar-refractivity contribution in [2.75, 3.05) is 6.61 Å². The minimum Gasteiger partial charge on any atom is -0.396 e. The zero-order chi connectivity index (χ0) is 7.56. The highest BCUT2D eigenvalue weighted by Gasteiger charge is 2.19. The molecule has 1 heteroatoms. The van der Waals surface area contributed by atoms with E-state index in [4.69, 9.17) is 5.11 Å². The van der Waals surface area contributed by atoms with E-state index in [1.165, 1.54) is 12.0 Å². The molecule has 0 saturated carbocycles. The molecule has 0 aliphatic heterocycles. The lowest BCUT2D eigenvalue weighted by Crippen LogP contribution is -2.18. The van der Waals surface area contributed by atoms with E-state index in [0.29, 0.717) is 18.4 Å². The van der Waals surface area contributed by atoms with Crippen LogP contribution in [-0.4, -0.2) is 11.7 Å². The van der Waals surface area contributed by atoms with Crippen molar-refractivity contribution in [3.63, 3.8) is 0 Å². The van der Waals surface area contributed by atoms with E-state index in [-0.39, 0.29) is 0 Å². The molecule has 10 heavy (non-hydrogen) atoms. The molecular weight excluding hydrogens is 124 g/mol. The molecule has 0 amide bonds. The first-order valence-corrected chi connectivity index (χ1v) is 4.00. The summed E-state index contributed by atoms with van der Waals surface area (Å²) in [6, 6.07) is 0. The van der Waals surface area contributed by atoms with Crippen LogP contribution in [0.25, 0.3) is 0 Å². The van der Waals surface area contributed by atoms with Crippen molar-refractivity contribution >= 4 is 0 Å². The van der Waals surface area contributed by atoms with Crippen molar-refractivity contribution in [1.29, 1.82) is 0 Å². The summed E-state index contributed by atoms with van der Waals surface area (Å²) in [6.45, 7) is 4.74. The Bertz CT molecular complexity index is 138. The molecule has 0 unspecified atom stereocenters. The van der Waals surface area contributed by atoms with Gasteiger partial charge in [-0.2, -0.15) is 0 Å². The summed E-state index contributed by atoms with van der Waals surface area (Å²) in [5, 5.41) is 8.92. The van der Waals surface area contributed by atoms with Gasteiger partial charge in [0.1, 0.15) is 0 Å². The smallest absolute Gasteiger partial charge is 0.0464 e. The summed E-state index contributed by atoms with van der Waals surface area (Å²) in [6.07, 6.45) is 4.50. The summed E-state index contributed by atoms with van der Waals surface area (Å²) in [4.78, 5) is 0. The third-order valence-electron chi connectivity index (χ3n) is 2.45. The molecule has 0 saturated heterocycles. The van der Waals surface area contributed by atoms with Crippen LogP contribution in [0.1, 0.15) is 26.7 Å². The summed E-state index contributed by atoms with van der Waals surface area (Å²) in [7, 11) is 0. The van der Waals surface area contributed by atoms with Crippen LogP contribution in [0.5, 0.6) is 0 Å². The Morgan fingerprint density at radius 2 is 2.40 bits per heavy atom. The van der Waals surface area contributed by atoms with Crippen LogP contribution < -0.4 is 0 Å². The van der Waals surface area contributed by atoms with Gasteiger partial charge in [0.05, 0.1) is 0 Å². The maximum Gasteiger partial charge on any atom is 0.0464 e. The van der Waals surface area contributed by atoms with Gasteiger partial charge >= 0.3 is 0 Å². The van der Waals surface area contributed by atoms with E-state index >= 15 is 0 Å². The number of hydrogen-bond donors (Lipinski definition) is 1. The average Bonchev–Trinajstić information content (AvgIpc) is 1.88. The van der Waals surface area contributed by atoms with E-state index in [9.17, 15) is 0 Å². The van der Waals surface area contributed by atoms with Crippen molar-refractivity contribution in [2.45, 2.75) is 26.7 Å². The van der Waals surface area contributed by atoms with Crippen LogP contribution >= 0.6 is 0 Å². The zero-order valence-corrected chi connectivity index (χ0v) is 6.80. The average molecular weight is 140 g/mol. The molecule has 58 valence electrons. The zero-order valence-electron chi connectivity index (χ0n) is 6.80. The second kappa shape index (κ2) is 3.20. The van der Waals surface area contributed by atoms with E-state index in [2.05, 4.69) is 19.9 Å².